The highest BCUT2D eigenvalue weighted by Gasteiger charge is 2.34. The Balaban J connectivity index is 1.71. The van der Waals surface area contributed by atoms with Gasteiger partial charge >= 0.3 is 6.18 Å². The van der Waals surface area contributed by atoms with Gasteiger partial charge in [-0.1, -0.05) is 12.1 Å². The molecule has 3 rings (SSSR count). The van der Waals surface area contributed by atoms with Crippen molar-refractivity contribution in [1.82, 2.24) is 0 Å². The number of hydrogen-bond donors (Lipinski definition) is 2. The van der Waals surface area contributed by atoms with Crippen LogP contribution >= 0.6 is 0 Å². The van der Waals surface area contributed by atoms with Crippen LogP contribution in [0.15, 0.2) is 66.7 Å². The quantitative estimate of drug-likeness (QED) is 0.478. The minimum Gasteiger partial charge on any atom is -0.497 e. The van der Waals surface area contributed by atoms with Crippen LogP contribution < -0.4 is 20.1 Å². The third-order valence-corrected chi connectivity index (χ3v) is 4.40. The number of rotatable bonds is 7. The van der Waals surface area contributed by atoms with Gasteiger partial charge in [0.15, 0.2) is 6.61 Å². The first-order chi connectivity index (χ1) is 15.7. The molecule has 0 aliphatic carbocycles. The molecule has 0 saturated heterocycles. The van der Waals surface area contributed by atoms with E-state index in [1.165, 1.54) is 25.3 Å². The van der Waals surface area contributed by atoms with Gasteiger partial charge in [0.1, 0.15) is 17.3 Å². The van der Waals surface area contributed by atoms with E-state index >= 15 is 0 Å². The molecule has 10 heteroatoms. The minimum atomic E-state index is -4.84. The van der Waals surface area contributed by atoms with Crippen LogP contribution in [0.1, 0.15) is 15.9 Å². The molecule has 0 bridgehead atoms. The first-order valence-corrected chi connectivity index (χ1v) is 9.51. The van der Waals surface area contributed by atoms with Gasteiger partial charge in [0, 0.05) is 5.69 Å². The van der Waals surface area contributed by atoms with Gasteiger partial charge in [-0.2, -0.15) is 13.2 Å². The van der Waals surface area contributed by atoms with Gasteiger partial charge in [-0.15, -0.1) is 0 Å². The van der Waals surface area contributed by atoms with E-state index in [2.05, 4.69) is 10.6 Å². The molecule has 0 aliphatic heterocycles. The molecule has 0 radical (unpaired) electrons. The van der Waals surface area contributed by atoms with Crippen molar-refractivity contribution >= 4 is 23.2 Å². The maximum Gasteiger partial charge on any atom is 0.418 e. The fourth-order valence-corrected chi connectivity index (χ4v) is 2.82. The number of anilines is 2. The van der Waals surface area contributed by atoms with E-state index in [9.17, 15) is 27.2 Å². The average Bonchev–Trinajstić information content (AvgIpc) is 2.78. The Kier molecular flexibility index (Phi) is 7.17. The summed E-state index contributed by atoms with van der Waals surface area (Å²) in [5.74, 6) is -1.64. The van der Waals surface area contributed by atoms with E-state index < -0.39 is 41.7 Å². The number of carbonyl (C=O) groups excluding carboxylic acids is 2. The fourth-order valence-electron chi connectivity index (χ4n) is 2.82. The Hall–Kier alpha value is -4.08. The molecule has 0 atom stereocenters. The summed E-state index contributed by atoms with van der Waals surface area (Å²) in [4.78, 5) is 24.3. The zero-order valence-corrected chi connectivity index (χ0v) is 17.2. The zero-order valence-electron chi connectivity index (χ0n) is 17.2. The molecular weight excluding hydrogens is 444 g/mol. The lowest BCUT2D eigenvalue weighted by Crippen LogP contribution is -2.22. The molecule has 0 unspecified atom stereocenters. The lowest BCUT2D eigenvalue weighted by Gasteiger charge is -2.16. The van der Waals surface area contributed by atoms with Crippen LogP contribution in [0.3, 0.4) is 0 Å². The van der Waals surface area contributed by atoms with Gasteiger partial charge < -0.3 is 20.1 Å². The number of methoxy groups -OCH3 is 1. The van der Waals surface area contributed by atoms with Gasteiger partial charge in [-0.25, -0.2) is 4.39 Å². The molecule has 33 heavy (non-hydrogen) atoms. The topological polar surface area (TPSA) is 76.7 Å². The van der Waals surface area contributed by atoms with Crippen LogP contribution in [0.4, 0.5) is 28.9 Å². The molecule has 0 fully saturated rings. The van der Waals surface area contributed by atoms with Crippen molar-refractivity contribution in [2.45, 2.75) is 6.18 Å². The van der Waals surface area contributed by atoms with Crippen molar-refractivity contribution in [2.24, 2.45) is 0 Å². The molecule has 3 aromatic carbocycles. The number of carbonyl (C=O) groups is 2. The monoisotopic (exact) mass is 462 g/mol. The maximum atomic E-state index is 13.7. The van der Waals surface area contributed by atoms with E-state index in [-0.39, 0.29) is 11.3 Å². The molecule has 0 spiro atoms. The fraction of sp³-hybridized carbons (Fsp3) is 0.130. The summed E-state index contributed by atoms with van der Waals surface area (Å²) in [5, 5.41) is 4.37. The highest BCUT2D eigenvalue weighted by atomic mass is 19.4. The van der Waals surface area contributed by atoms with Crippen LogP contribution in [-0.4, -0.2) is 25.5 Å². The predicted octanol–water partition coefficient (Wildman–Crippen LogP) is 5.12. The SMILES string of the molecule is COc1ccc(OCC(=O)Nc2ccc(NC(=O)c3ccccc3F)cc2C(F)(F)F)cc1. The summed E-state index contributed by atoms with van der Waals surface area (Å²) in [7, 11) is 1.48. The number of nitrogens with one attached hydrogen (secondary N) is 2. The average molecular weight is 462 g/mol. The summed E-state index contributed by atoms with van der Waals surface area (Å²) in [6, 6.07) is 14.1. The first-order valence-electron chi connectivity index (χ1n) is 9.51. The van der Waals surface area contributed by atoms with E-state index in [4.69, 9.17) is 9.47 Å². The maximum absolute atomic E-state index is 13.7. The molecule has 0 aromatic heterocycles. The van der Waals surface area contributed by atoms with Gasteiger partial charge in [0.05, 0.1) is 23.9 Å². The van der Waals surface area contributed by atoms with Crippen molar-refractivity contribution in [3.63, 3.8) is 0 Å². The summed E-state index contributed by atoms with van der Waals surface area (Å²) < 4.78 is 64.7. The molecule has 0 heterocycles. The normalized spacial score (nSPS) is 10.9. The molecule has 3 aromatic rings. The van der Waals surface area contributed by atoms with Crippen molar-refractivity contribution in [1.29, 1.82) is 0 Å². The lowest BCUT2D eigenvalue weighted by molar-refractivity contribution is -0.137. The molecule has 0 saturated carbocycles. The van der Waals surface area contributed by atoms with Gasteiger partial charge in [-0.3, -0.25) is 9.59 Å². The Bertz CT molecular complexity index is 1150. The number of amides is 2. The molecule has 0 aliphatic rings. The third kappa shape index (κ3) is 6.22. The van der Waals surface area contributed by atoms with Crippen LogP contribution in [-0.2, 0) is 11.0 Å². The Morgan fingerprint density at radius 1 is 0.909 bits per heavy atom. The second kappa shape index (κ2) is 10.0. The van der Waals surface area contributed by atoms with Crippen LogP contribution in [0.25, 0.3) is 0 Å². The van der Waals surface area contributed by atoms with Gasteiger partial charge in [0.25, 0.3) is 11.8 Å². The second-order valence-corrected chi connectivity index (χ2v) is 6.70. The molecule has 2 N–H and O–H groups in total. The highest BCUT2D eigenvalue weighted by molar-refractivity contribution is 6.04. The van der Waals surface area contributed by atoms with Crippen LogP contribution in [0.5, 0.6) is 11.5 Å². The van der Waals surface area contributed by atoms with Crippen molar-refractivity contribution < 1.29 is 36.6 Å². The van der Waals surface area contributed by atoms with Crippen LogP contribution in [0.2, 0.25) is 0 Å². The summed E-state index contributed by atoms with van der Waals surface area (Å²) in [5.41, 5.74) is -2.25. The number of hydrogen-bond acceptors (Lipinski definition) is 4. The van der Waals surface area contributed by atoms with E-state index in [0.29, 0.717) is 17.6 Å². The van der Waals surface area contributed by atoms with Crippen molar-refractivity contribution in [2.75, 3.05) is 24.4 Å². The van der Waals surface area contributed by atoms with Crippen molar-refractivity contribution in [3.8, 4) is 11.5 Å². The summed E-state index contributed by atoms with van der Waals surface area (Å²) >= 11 is 0. The molecule has 6 nitrogen and oxygen atoms in total. The third-order valence-electron chi connectivity index (χ3n) is 4.40. The molecular formula is C23H18F4N2O4. The standard InChI is InChI=1S/C23H18F4N2O4/c1-32-15-7-9-16(10-8-15)33-13-21(30)29-20-11-6-14(12-18(20)23(25,26)27)28-22(31)17-4-2-3-5-19(17)24/h2-12H,13H2,1H3,(H,28,31)(H,29,30). The zero-order chi connectivity index (χ0) is 24.0. The van der Waals surface area contributed by atoms with Gasteiger partial charge in [0.2, 0.25) is 0 Å². The lowest BCUT2D eigenvalue weighted by atomic mass is 10.1. The largest absolute Gasteiger partial charge is 0.497 e. The van der Waals surface area contributed by atoms with E-state index in [0.717, 1.165) is 18.2 Å². The highest BCUT2D eigenvalue weighted by Crippen LogP contribution is 2.36. The summed E-state index contributed by atoms with van der Waals surface area (Å²) in [6.45, 7) is -0.532. The Morgan fingerprint density at radius 2 is 1.58 bits per heavy atom. The number of benzene rings is 3. The first kappa shape index (κ1) is 23.6. The number of halogens is 4. The number of alkyl halides is 3. The Morgan fingerprint density at radius 3 is 2.21 bits per heavy atom. The molecule has 172 valence electrons. The van der Waals surface area contributed by atoms with E-state index in [1.54, 1.807) is 24.3 Å². The smallest absolute Gasteiger partial charge is 0.418 e. The van der Waals surface area contributed by atoms with E-state index in [1.807, 2.05) is 0 Å². The molecule has 2 amide bonds. The predicted molar refractivity (Wildman–Crippen MR) is 113 cm³/mol. The number of ether oxygens (including phenoxy) is 2. The minimum absolute atomic E-state index is 0.219. The summed E-state index contributed by atoms with van der Waals surface area (Å²) in [6.07, 6.45) is -4.84. The van der Waals surface area contributed by atoms with Crippen molar-refractivity contribution in [3.05, 3.63) is 83.7 Å². The van der Waals surface area contributed by atoms with Crippen LogP contribution in [0, 0.1) is 5.82 Å². The van der Waals surface area contributed by atoms with Gasteiger partial charge in [-0.05, 0) is 54.6 Å². The second-order valence-electron chi connectivity index (χ2n) is 6.70. The Labute approximate surface area is 186 Å².